The zero-order chi connectivity index (χ0) is 16.1. The molecule has 3 aromatic rings. The van der Waals surface area contributed by atoms with E-state index < -0.39 is 0 Å². The average Bonchev–Trinajstić information content (AvgIpc) is 2.91. The average molecular weight is 329 g/mol. The van der Waals surface area contributed by atoms with Crippen molar-refractivity contribution in [1.82, 2.24) is 9.88 Å². The lowest BCUT2D eigenvalue weighted by Crippen LogP contribution is -2.37. The Hall–Kier alpha value is -2.33. The van der Waals surface area contributed by atoms with Crippen molar-refractivity contribution in [3.8, 4) is 11.1 Å². The van der Waals surface area contributed by atoms with Crippen molar-refractivity contribution in [2.24, 2.45) is 0 Å². The van der Waals surface area contributed by atoms with Gasteiger partial charge in [0, 0.05) is 28.6 Å². The van der Waals surface area contributed by atoms with E-state index in [4.69, 9.17) is 11.6 Å². The van der Waals surface area contributed by atoms with Crippen LogP contribution in [0.4, 0.5) is 4.39 Å². The summed E-state index contributed by atoms with van der Waals surface area (Å²) in [5.74, 6) is -0.444. The van der Waals surface area contributed by atoms with Gasteiger partial charge in [-0.25, -0.2) is 4.39 Å². The van der Waals surface area contributed by atoms with Gasteiger partial charge in [-0.15, -0.1) is 0 Å². The molecule has 116 valence electrons. The molecule has 0 saturated carbocycles. The Kier molecular flexibility index (Phi) is 3.16. The van der Waals surface area contributed by atoms with Gasteiger partial charge in [-0.05, 0) is 42.8 Å². The Morgan fingerprint density at radius 2 is 1.96 bits per heavy atom. The molecule has 4 rings (SSSR count). The number of nitrogens with zero attached hydrogens (tertiary/aromatic N) is 1. The number of rotatable bonds is 1. The lowest BCUT2D eigenvalue weighted by Gasteiger charge is -2.25. The molecular formula is C18H14ClFN2O. The highest BCUT2D eigenvalue weighted by atomic mass is 35.5. The number of benzene rings is 2. The molecule has 0 unspecified atom stereocenters. The third-order valence-corrected chi connectivity index (χ3v) is 4.54. The van der Waals surface area contributed by atoms with Crippen LogP contribution in [0.15, 0.2) is 42.5 Å². The Labute approximate surface area is 137 Å². The number of nitrogens with one attached hydrogen (secondary N) is 1. The first kappa shape index (κ1) is 14.3. The summed E-state index contributed by atoms with van der Waals surface area (Å²) in [5.41, 5.74) is 3.09. The van der Waals surface area contributed by atoms with Crippen LogP contribution in [-0.2, 0) is 0 Å². The largest absolute Gasteiger partial charge is 0.349 e. The molecule has 1 amide bonds. The second kappa shape index (κ2) is 5.10. The molecule has 0 radical (unpaired) electrons. The molecule has 1 atom stereocenters. The monoisotopic (exact) mass is 328 g/mol. The number of hydrogen-bond acceptors (Lipinski definition) is 1. The number of amides is 1. The van der Waals surface area contributed by atoms with Gasteiger partial charge in [0.1, 0.15) is 11.5 Å². The van der Waals surface area contributed by atoms with Gasteiger partial charge in [-0.3, -0.25) is 4.79 Å². The molecule has 0 saturated heterocycles. The molecule has 2 aromatic carbocycles. The van der Waals surface area contributed by atoms with Gasteiger partial charge < -0.3 is 9.88 Å². The van der Waals surface area contributed by atoms with E-state index in [1.165, 1.54) is 12.1 Å². The zero-order valence-corrected chi connectivity index (χ0v) is 13.2. The SMILES string of the molecule is C[C@@H]1CNC(=O)c2cc3cc(F)cc(-c4ccc(Cl)cc4)c3n21. The second-order valence-corrected chi connectivity index (χ2v) is 6.29. The van der Waals surface area contributed by atoms with E-state index in [0.29, 0.717) is 17.3 Å². The zero-order valence-electron chi connectivity index (χ0n) is 12.4. The van der Waals surface area contributed by atoms with Crippen molar-refractivity contribution in [3.05, 3.63) is 59.0 Å². The normalized spacial score (nSPS) is 17.2. The second-order valence-electron chi connectivity index (χ2n) is 5.86. The first-order chi connectivity index (χ1) is 11.0. The third kappa shape index (κ3) is 2.21. The summed E-state index contributed by atoms with van der Waals surface area (Å²) in [6.07, 6.45) is 0. The topological polar surface area (TPSA) is 34.0 Å². The van der Waals surface area contributed by atoms with Crippen LogP contribution in [0.1, 0.15) is 23.5 Å². The van der Waals surface area contributed by atoms with Gasteiger partial charge in [0.25, 0.3) is 5.91 Å². The summed E-state index contributed by atoms with van der Waals surface area (Å²) in [4.78, 5) is 12.1. The van der Waals surface area contributed by atoms with Gasteiger partial charge in [0.15, 0.2) is 0 Å². The van der Waals surface area contributed by atoms with Crippen LogP contribution in [0.25, 0.3) is 22.0 Å². The number of carbonyl (C=O) groups is 1. The molecule has 2 heterocycles. The first-order valence-electron chi connectivity index (χ1n) is 7.43. The van der Waals surface area contributed by atoms with E-state index in [1.807, 2.05) is 23.6 Å². The van der Waals surface area contributed by atoms with Crippen LogP contribution < -0.4 is 5.32 Å². The maximum atomic E-state index is 14.1. The fourth-order valence-electron chi connectivity index (χ4n) is 3.24. The Balaban J connectivity index is 2.08. The highest BCUT2D eigenvalue weighted by Gasteiger charge is 2.26. The number of hydrogen-bond donors (Lipinski definition) is 1. The van der Waals surface area contributed by atoms with Crippen molar-refractivity contribution in [2.75, 3.05) is 6.54 Å². The van der Waals surface area contributed by atoms with E-state index in [0.717, 1.165) is 22.0 Å². The summed E-state index contributed by atoms with van der Waals surface area (Å²) in [7, 11) is 0. The lowest BCUT2D eigenvalue weighted by atomic mass is 10.0. The lowest BCUT2D eigenvalue weighted by molar-refractivity contribution is 0.0919. The summed E-state index contributed by atoms with van der Waals surface area (Å²) >= 11 is 5.95. The molecule has 3 nitrogen and oxygen atoms in total. The standard InChI is InChI=1S/C18H14ClFN2O/c1-10-9-21-18(23)16-7-12-6-14(20)8-15(17(12)22(10)16)11-2-4-13(19)5-3-11/h2-8,10H,9H2,1H3,(H,21,23)/t10-/m1/s1. The van der Waals surface area contributed by atoms with Crippen LogP contribution in [0, 0.1) is 5.82 Å². The molecule has 1 aliphatic rings. The predicted molar refractivity (Wildman–Crippen MR) is 89.4 cm³/mol. The van der Waals surface area contributed by atoms with Gasteiger partial charge in [0.05, 0.1) is 5.52 Å². The maximum absolute atomic E-state index is 14.1. The van der Waals surface area contributed by atoms with E-state index in [2.05, 4.69) is 5.32 Å². The first-order valence-corrected chi connectivity index (χ1v) is 7.81. The Bertz CT molecular complexity index is 930. The van der Waals surface area contributed by atoms with Crippen molar-refractivity contribution in [3.63, 3.8) is 0 Å². The molecule has 5 heteroatoms. The summed E-state index contributed by atoms with van der Waals surface area (Å²) in [5, 5.41) is 4.22. The molecule has 0 fully saturated rings. The summed E-state index contributed by atoms with van der Waals surface area (Å²) in [6, 6.07) is 12.1. The quantitative estimate of drug-likeness (QED) is 0.705. The molecule has 23 heavy (non-hydrogen) atoms. The van der Waals surface area contributed by atoms with E-state index in [-0.39, 0.29) is 17.8 Å². The van der Waals surface area contributed by atoms with Crippen molar-refractivity contribution in [2.45, 2.75) is 13.0 Å². The minimum atomic E-state index is -0.321. The van der Waals surface area contributed by atoms with E-state index in [1.54, 1.807) is 18.2 Å². The van der Waals surface area contributed by atoms with Crippen molar-refractivity contribution in [1.29, 1.82) is 0 Å². The van der Waals surface area contributed by atoms with Gasteiger partial charge in [-0.1, -0.05) is 23.7 Å². The Morgan fingerprint density at radius 1 is 1.22 bits per heavy atom. The third-order valence-electron chi connectivity index (χ3n) is 4.28. The Morgan fingerprint density at radius 3 is 2.70 bits per heavy atom. The summed E-state index contributed by atoms with van der Waals surface area (Å²) < 4.78 is 16.1. The maximum Gasteiger partial charge on any atom is 0.268 e. The molecule has 1 aromatic heterocycles. The van der Waals surface area contributed by atoms with E-state index >= 15 is 0 Å². The molecular weight excluding hydrogens is 315 g/mol. The predicted octanol–water partition coefficient (Wildman–Crippen LogP) is 4.41. The van der Waals surface area contributed by atoms with Crippen LogP contribution in [0.2, 0.25) is 5.02 Å². The minimum Gasteiger partial charge on any atom is -0.349 e. The minimum absolute atomic E-state index is 0.108. The van der Waals surface area contributed by atoms with Crippen LogP contribution in [0.3, 0.4) is 0 Å². The van der Waals surface area contributed by atoms with Gasteiger partial charge in [0.2, 0.25) is 0 Å². The fraction of sp³-hybridized carbons (Fsp3) is 0.167. The van der Waals surface area contributed by atoms with Crippen LogP contribution >= 0.6 is 11.6 Å². The molecule has 1 N–H and O–H groups in total. The van der Waals surface area contributed by atoms with Crippen LogP contribution in [0.5, 0.6) is 0 Å². The molecule has 0 bridgehead atoms. The van der Waals surface area contributed by atoms with Gasteiger partial charge in [-0.2, -0.15) is 0 Å². The van der Waals surface area contributed by atoms with Gasteiger partial charge >= 0.3 is 0 Å². The highest BCUT2D eigenvalue weighted by Crippen LogP contribution is 2.35. The number of fused-ring (bicyclic) bond motifs is 3. The number of carbonyl (C=O) groups excluding carboxylic acids is 1. The number of aromatic nitrogens is 1. The fourth-order valence-corrected chi connectivity index (χ4v) is 3.37. The molecule has 0 aliphatic carbocycles. The van der Waals surface area contributed by atoms with E-state index in [9.17, 15) is 9.18 Å². The van der Waals surface area contributed by atoms with Crippen molar-refractivity contribution >= 4 is 28.4 Å². The van der Waals surface area contributed by atoms with Crippen LogP contribution in [-0.4, -0.2) is 17.0 Å². The molecule has 0 spiro atoms. The highest BCUT2D eigenvalue weighted by molar-refractivity contribution is 6.30. The summed E-state index contributed by atoms with van der Waals surface area (Å²) in [6.45, 7) is 2.60. The smallest absolute Gasteiger partial charge is 0.268 e. The number of halogens is 2. The molecule has 1 aliphatic heterocycles. The van der Waals surface area contributed by atoms with Crippen molar-refractivity contribution < 1.29 is 9.18 Å².